The van der Waals surface area contributed by atoms with E-state index in [0.717, 1.165) is 31.4 Å². The first-order chi connectivity index (χ1) is 20.1. The summed E-state index contributed by atoms with van der Waals surface area (Å²) >= 11 is 1.20. The van der Waals surface area contributed by atoms with Gasteiger partial charge in [0.1, 0.15) is 5.60 Å². The van der Waals surface area contributed by atoms with Crippen molar-refractivity contribution >= 4 is 34.0 Å². The zero-order valence-electron chi connectivity index (χ0n) is 25.4. The Hall–Kier alpha value is -2.96. The molecule has 2 fully saturated rings. The Bertz CT molecular complexity index is 1330. The Morgan fingerprint density at radius 2 is 1.86 bits per heavy atom. The molecule has 1 aliphatic carbocycles. The van der Waals surface area contributed by atoms with E-state index in [1.807, 2.05) is 0 Å². The van der Waals surface area contributed by atoms with Crippen LogP contribution in [-0.2, 0) is 32.4 Å². The van der Waals surface area contributed by atoms with Crippen LogP contribution in [0.4, 0.5) is 23.1 Å². The van der Waals surface area contributed by atoms with Gasteiger partial charge in [0.2, 0.25) is 5.91 Å². The second-order valence-corrected chi connectivity index (χ2v) is 13.4. The number of nitrogens with zero attached hydrogens (tertiary/aromatic N) is 2. The van der Waals surface area contributed by atoms with Crippen molar-refractivity contribution < 1.29 is 32.2 Å². The molecular formula is C31H41F3N4O4S. The Balaban J connectivity index is 1.59. The molecule has 0 radical (unpaired) electrons. The highest BCUT2D eigenvalue weighted by Gasteiger charge is 2.50. The van der Waals surface area contributed by atoms with Gasteiger partial charge in [0.05, 0.1) is 16.7 Å². The van der Waals surface area contributed by atoms with E-state index >= 15 is 0 Å². The van der Waals surface area contributed by atoms with Crippen molar-refractivity contribution in [1.29, 1.82) is 0 Å². The summed E-state index contributed by atoms with van der Waals surface area (Å²) in [5.41, 5.74) is -0.781. The quantitative estimate of drug-likeness (QED) is 0.338. The van der Waals surface area contributed by atoms with Crippen molar-refractivity contribution in [2.45, 2.75) is 95.6 Å². The number of nitrogens with one attached hydrogen (secondary N) is 2. The number of rotatable bonds is 8. The zero-order chi connectivity index (χ0) is 31.6. The van der Waals surface area contributed by atoms with Gasteiger partial charge in [0.25, 0.3) is 0 Å². The summed E-state index contributed by atoms with van der Waals surface area (Å²) in [5.74, 6) is -0.307. The minimum Gasteiger partial charge on any atom is -0.444 e. The van der Waals surface area contributed by atoms with Crippen LogP contribution in [0.25, 0.3) is 5.57 Å². The molecule has 1 aromatic heterocycles. The van der Waals surface area contributed by atoms with Gasteiger partial charge < -0.3 is 19.7 Å². The van der Waals surface area contributed by atoms with Crippen molar-refractivity contribution in [2.24, 2.45) is 0 Å². The summed E-state index contributed by atoms with van der Waals surface area (Å²) in [6, 6.07) is 4.18. The monoisotopic (exact) mass is 622 g/mol. The van der Waals surface area contributed by atoms with Crippen molar-refractivity contribution in [3.8, 4) is 0 Å². The van der Waals surface area contributed by atoms with Crippen LogP contribution < -0.4 is 10.6 Å². The van der Waals surface area contributed by atoms with Gasteiger partial charge in [-0.1, -0.05) is 12.2 Å². The number of ether oxygens (including phenoxy) is 2. The number of allylic oxidation sites excluding steroid dienone is 1. The standard InChI is InChI=1S/C31H41F3N4O4S/c1-19(2)21-13-20(14-22(15-21)31(32,33)34)17-35-26(39)30(10-7-24(16-30)38(6)23-8-11-41-12-9-23)25-18-43-27(36-25)37-28(40)42-29(3,4)5/h13-15,18,23-24H,1,7-12,16-17H2,2-6H3,(H,35,39)(H,36,37,40). The fourth-order valence-corrected chi connectivity index (χ4v) is 6.61. The van der Waals surface area contributed by atoms with Gasteiger partial charge >= 0.3 is 12.3 Å². The number of carbonyl (C=O) groups excluding carboxylic acids is 2. The Kier molecular flexibility index (Phi) is 9.92. The van der Waals surface area contributed by atoms with E-state index in [1.54, 1.807) is 39.1 Å². The maximum Gasteiger partial charge on any atom is 0.416 e. The van der Waals surface area contributed by atoms with Crippen LogP contribution in [0.2, 0.25) is 0 Å². The van der Waals surface area contributed by atoms with Gasteiger partial charge in [-0.2, -0.15) is 13.2 Å². The third-order valence-electron chi connectivity index (χ3n) is 8.13. The molecule has 0 spiro atoms. The lowest BCUT2D eigenvalue weighted by Crippen LogP contribution is -2.46. The molecule has 4 rings (SSSR count). The highest BCUT2D eigenvalue weighted by atomic mass is 32.1. The predicted molar refractivity (Wildman–Crippen MR) is 161 cm³/mol. The van der Waals surface area contributed by atoms with Crippen molar-refractivity contribution in [3.05, 3.63) is 52.5 Å². The third-order valence-corrected chi connectivity index (χ3v) is 8.89. The fourth-order valence-electron chi connectivity index (χ4n) is 5.81. The molecule has 2 amide bonds. The number of hydrogen-bond donors (Lipinski definition) is 2. The Morgan fingerprint density at radius 3 is 2.49 bits per heavy atom. The van der Waals surface area contributed by atoms with Gasteiger partial charge in [-0.25, -0.2) is 9.78 Å². The van der Waals surface area contributed by atoms with E-state index in [-0.39, 0.29) is 18.5 Å². The lowest BCUT2D eigenvalue weighted by atomic mass is 9.81. The smallest absolute Gasteiger partial charge is 0.416 e. The maximum absolute atomic E-state index is 14.1. The number of amides is 2. The molecule has 236 valence electrons. The third kappa shape index (κ3) is 8.16. The molecule has 8 nitrogen and oxygen atoms in total. The lowest BCUT2D eigenvalue weighted by molar-refractivity contribution is -0.137. The minimum absolute atomic E-state index is 0.0849. The van der Waals surface area contributed by atoms with Crippen LogP contribution in [0.5, 0.6) is 0 Å². The molecule has 0 bridgehead atoms. The van der Waals surface area contributed by atoms with E-state index in [2.05, 4.69) is 34.1 Å². The normalized spacial score (nSPS) is 21.6. The number of benzene rings is 1. The largest absolute Gasteiger partial charge is 0.444 e. The maximum atomic E-state index is 14.1. The molecule has 2 heterocycles. The molecule has 2 aliphatic rings. The van der Waals surface area contributed by atoms with Gasteiger partial charge in [0, 0.05) is 37.2 Å². The number of aromatic nitrogens is 1. The number of carbonyl (C=O) groups is 2. The van der Waals surface area contributed by atoms with Crippen LogP contribution in [0.3, 0.4) is 0 Å². The van der Waals surface area contributed by atoms with E-state index in [4.69, 9.17) is 9.47 Å². The molecule has 1 saturated heterocycles. The van der Waals surface area contributed by atoms with Crippen LogP contribution in [0.15, 0.2) is 30.2 Å². The first-order valence-corrected chi connectivity index (χ1v) is 15.4. The molecular weight excluding hydrogens is 581 g/mol. The first-order valence-electron chi connectivity index (χ1n) is 14.5. The van der Waals surface area contributed by atoms with Gasteiger partial charge in [-0.3, -0.25) is 10.1 Å². The SMILES string of the molecule is C=C(C)c1cc(CNC(=O)C2(c3csc(NC(=O)OC(C)(C)C)n3)CCC(N(C)C3CCOCC3)C2)cc(C(F)(F)F)c1. The van der Waals surface area contributed by atoms with Crippen LogP contribution in [0, 0.1) is 0 Å². The van der Waals surface area contributed by atoms with Gasteiger partial charge in [0.15, 0.2) is 5.13 Å². The molecule has 2 unspecified atom stereocenters. The molecule has 1 aromatic carbocycles. The first kappa shape index (κ1) is 32.9. The van der Waals surface area contributed by atoms with Crippen LogP contribution in [-0.4, -0.2) is 59.8 Å². The second kappa shape index (κ2) is 13.0. The average molecular weight is 623 g/mol. The number of thiazole rings is 1. The summed E-state index contributed by atoms with van der Waals surface area (Å²) in [6.07, 6.45) is -1.61. The second-order valence-electron chi connectivity index (χ2n) is 12.5. The van der Waals surface area contributed by atoms with E-state index in [0.29, 0.717) is 59.6 Å². The fraction of sp³-hybridized carbons (Fsp3) is 0.581. The summed E-state index contributed by atoms with van der Waals surface area (Å²) in [4.78, 5) is 33.4. The topological polar surface area (TPSA) is 92.8 Å². The van der Waals surface area contributed by atoms with E-state index < -0.39 is 28.8 Å². The molecule has 1 aliphatic heterocycles. The van der Waals surface area contributed by atoms with Gasteiger partial charge in [-0.05, 0) is 96.2 Å². The summed E-state index contributed by atoms with van der Waals surface area (Å²) < 4.78 is 51.7. The minimum atomic E-state index is -4.53. The number of hydrogen-bond acceptors (Lipinski definition) is 7. The van der Waals surface area contributed by atoms with E-state index in [9.17, 15) is 22.8 Å². The Morgan fingerprint density at radius 1 is 1.16 bits per heavy atom. The number of alkyl halides is 3. The highest BCUT2D eigenvalue weighted by Crippen LogP contribution is 2.45. The van der Waals surface area contributed by atoms with Crippen LogP contribution >= 0.6 is 11.3 Å². The summed E-state index contributed by atoms with van der Waals surface area (Å²) in [6.45, 7) is 12.0. The average Bonchev–Trinajstić information content (AvgIpc) is 3.58. The number of anilines is 1. The highest BCUT2D eigenvalue weighted by molar-refractivity contribution is 7.14. The van der Waals surface area contributed by atoms with Crippen molar-refractivity contribution in [3.63, 3.8) is 0 Å². The zero-order valence-corrected chi connectivity index (χ0v) is 26.2. The summed E-state index contributed by atoms with van der Waals surface area (Å²) in [7, 11) is 2.08. The molecule has 2 N–H and O–H groups in total. The van der Waals surface area contributed by atoms with Crippen molar-refractivity contribution in [1.82, 2.24) is 15.2 Å². The molecule has 2 aromatic rings. The predicted octanol–water partition coefficient (Wildman–Crippen LogP) is 6.76. The Labute approximate surface area is 255 Å². The summed E-state index contributed by atoms with van der Waals surface area (Å²) in [5, 5.41) is 7.66. The molecule has 43 heavy (non-hydrogen) atoms. The van der Waals surface area contributed by atoms with E-state index in [1.165, 1.54) is 11.3 Å². The van der Waals surface area contributed by atoms with Crippen LogP contribution in [0.1, 0.15) is 82.2 Å². The molecule has 1 saturated carbocycles. The van der Waals surface area contributed by atoms with Gasteiger partial charge in [-0.15, -0.1) is 11.3 Å². The lowest BCUT2D eigenvalue weighted by Gasteiger charge is -2.36. The van der Waals surface area contributed by atoms with Crippen molar-refractivity contribution in [2.75, 3.05) is 25.6 Å². The number of halogens is 3. The molecule has 2 atom stereocenters. The molecule has 12 heteroatoms.